The number of halogens is 3. The molecule has 0 atom stereocenters. The first-order chi connectivity index (χ1) is 14.2. The van der Waals surface area contributed by atoms with Gasteiger partial charge in [-0.15, -0.1) is 0 Å². The Balaban J connectivity index is 0.000000656. The minimum atomic E-state index is -4.64. The van der Waals surface area contributed by atoms with E-state index in [0.717, 1.165) is 35.7 Å². The topological polar surface area (TPSA) is 90.0 Å². The molecule has 1 heterocycles. The van der Waals surface area contributed by atoms with Crippen LogP contribution in [0.4, 0.5) is 18.9 Å². The largest absolute Gasteiger partial charge is 0.446 e. The summed E-state index contributed by atoms with van der Waals surface area (Å²) in [5.74, 6) is 0.0278. The number of hydrogen-bond acceptors (Lipinski definition) is 5. The summed E-state index contributed by atoms with van der Waals surface area (Å²) in [6, 6.07) is 7.96. The van der Waals surface area contributed by atoms with Gasteiger partial charge in [0, 0.05) is 23.5 Å². The third-order valence-electron chi connectivity index (χ3n) is 3.90. The molecule has 3 N–H and O–H groups in total. The zero-order chi connectivity index (χ0) is 22.7. The molecule has 0 saturated carbocycles. The summed E-state index contributed by atoms with van der Waals surface area (Å²) >= 11 is 1.73. The number of nitrogens with two attached hydrogens (primary N) is 1. The second kappa shape index (κ2) is 12.4. The third-order valence-corrected chi connectivity index (χ3v) is 5.08. The molecule has 0 fully saturated rings. The highest BCUT2D eigenvalue weighted by molar-refractivity contribution is 7.99. The molecule has 0 saturated heterocycles. The highest BCUT2D eigenvalue weighted by atomic mass is 32.2. The van der Waals surface area contributed by atoms with Crippen molar-refractivity contribution in [2.24, 2.45) is 5.73 Å². The van der Waals surface area contributed by atoms with Gasteiger partial charge in [0.25, 0.3) is 0 Å². The van der Waals surface area contributed by atoms with Crippen LogP contribution < -0.4 is 11.1 Å². The number of benzene rings is 1. The summed E-state index contributed by atoms with van der Waals surface area (Å²) in [5.41, 5.74) is 8.89. The molecule has 0 bridgehead atoms. The van der Waals surface area contributed by atoms with Crippen LogP contribution in [0.1, 0.15) is 38.6 Å². The van der Waals surface area contributed by atoms with Crippen LogP contribution in [0.2, 0.25) is 0 Å². The van der Waals surface area contributed by atoms with Crippen molar-refractivity contribution in [3.05, 3.63) is 35.7 Å². The minimum Gasteiger partial charge on any atom is -0.329 e. The number of carbonyl (C=O) groups is 2. The predicted molar refractivity (Wildman–Crippen MR) is 112 cm³/mol. The number of nitrogens with zero attached hydrogens (tertiary/aromatic N) is 2. The Bertz CT molecular complexity index is 821. The molecular weight excluding hydrogens is 417 g/mol. The lowest BCUT2D eigenvalue weighted by atomic mass is 10.2. The van der Waals surface area contributed by atoms with Crippen LogP contribution >= 0.6 is 11.8 Å². The van der Waals surface area contributed by atoms with E-state index in [-0.39, 0.29) is 5.91 Å². The summed E-state index contributed by atoms with van der Waals surface area (Å²) in [6.07, 6.45) is -3.39. The number of aromatic nitrogens is 2. The van der Waals surface area contributed by atoms with Crippen LogP contribution in [0.25, 0.3) is 0 Å². The van der Waals surface area contributed by atoms with E-state index in [1.54, 1.807) is 11.8 Å². The number of nitrogens with one attached hydrogen (secondary N) is 1. The van der Waals surface area contributed by atoms with Crippen LogP contribution in [0, 0.1) is 0 Å². The summed E-state index contributed by atoms with van der Waals surface area (Å²) in [7, 11) is 0. The Labute approximate surface area is 178 Å². The van der Waals surface area contributed by atoms with Crippen molar-refractivity contribution in [2.45, 2.75) is 62.5 Å². The van der Waals surface area contributed by atoms with E-state index in [2.05, 4.69) is 19.2 Å². The number of rotatable bonds is 8. The number of anilines is 1. The zero-order valence-corrected chi connectivity index (χ0v) is 18.1. The fourth-order valence-electron chi connectivity index (χ4n) is 2.51. The van der Waals surface area contributed by atoms with Crippen molar-refractivity contribution >= 4 is 29.6 Å². The van der Waals surface area contributed by atoms with Crippen molar-refractivity contribution in [3.63, 3.8) is 0 Å². The Morgan fingerprint density at radius 2 is 1.80 bits per heavy atom. The fraction of sp³-hybridized carbons (Fsp3) is 0.450. The lowest BCUT2D eigenvalue weighted by molar-refractivity contribution is -0.156. The zero-order valence-electron chi connectivity index (χ0n) is 17.3. The molecule has 166 valence electrons. The first-order valence-electron chi connectivity index (χ1n) is 9.58. The Kier molecular flexibility index (Phi) is 10.6. The van der Waals surface area contributed by atoms with Crippen LogP contribution in [-0.2, 0) is 29.0 Å². The molecule has 2 rings (SSSR count). The smallest absolute Gasteiger partial charge is 0.329 e. The van der Waals surface area contributed by atoms with Crippen LogP contribution in [0.5, 0.6) is 0 Å². The van der Waals surface area contributed by atoms with Gasteiger partial charge in [0.2, 0.25) is 12.2 Å². The van der Waals surface area contributed by atoms with Gasteiger partial charge in [-0.3, -0.25) is 14.3 Å². The lowest BCUT2D eigenvalue weighted by Crippen LogP contribution is -2.13. The quantitative estimate of drug-likeness (QED) is 0.595. The average Bonchev–Trinajstić information content (AvgIpc) is 3.05. The highest BCUT2D eigenvalue weighted by Gasteiger charge is 2.24. The van der Waals surface area contributed by atoms with Gasteiger partial charge in [0.05, 0.1) is 22.8 Å². The lowest BCUT2D eigenvalue weighted by Gasteiger charge is -2.08. The number of hydrogen-bond donors (Lipinski definition) is 2. The van der Waals surface area contributed by atoms with Crippen molar-refractivity contribution in [2.75, 3.05) is 11.9 Å². The molecule has 1 aromatic heterocycles. The molecule has 1 aromatic carbocycles. The molecule has 1 amide bonds. The second-order valence-electron chi connectivity index (χ2n) is 6.13. The monoisotopic (exact) mass is 444 g/mol. The van der Waals surface area contributed by atoms with Crippen LogP contribution in [0.3, 0.4) is 0 Å². The van der Waals surface area contributed by atoms with E-state index in [0.29, 0.717) is 13.0 Å². The molecule has 0 aliphatic rings. The Hall–Kier alpha value is -2.33. The predicted octanol–water partition coefficient (Wildman–Crippen LogP) is 4.21. The summed E-state index contributed by atoms with van der Waals surface area (Å²) in [6.45, 7) is 7.46. The third kappa shape index (κ3) is 8.19. The fourth-order valence-corrected chi connectivity index (χ4v) is 3.69. The highest BCUT2D eigenvalue weighted by Crippen LogP contribution is 2.34. The summed E-state index contributed by atoms with van der Waals surface area (Å²) in [4.78, 5) is 22.5. The number of aldehydes is 1. The van der Waals surface area contributed by atoms with Gasteiger partial charge < -0.3 is 11.1 Å². The van der Waals surface area contributed by atoms with Gasteiger partial charge in [-0.2, -0.15) is 18.3 Å². The maximum atomic E-state index is 11.5. The van der Waals surface area contributed by atoms with Gasteiger partial charge in [0.1, 0.15) is 0 Å². The molecule has 0 aliphatic heterocycles. The minimum absolute atomic E-state index is 0.0278. The number of aryl methyl sites for hydroxylation is 1. The molecule has 6 nitrogen and oxygen atoms in total. The molecular formula is C20H27F3N4O2S. The van der Waals surface area contributed by atoms with Gasteiger partial charge in [0.15, 0.2) is 0 Å². The van der Waals surface area contributed by atoms with Gasteiger partial charge >= 0.3 is 6.18 Å². The molecule has 0 unspecified atom stereocenters. The molecule has 0 spiro atoms. The van der Waals surface area contributed by atoms with Crippen molar-refractivity contribution < 1.29 is 22.8 Å². The van der Waals surface area contributed by atoms with E-state index in [1.807, 2.05) is 35.9 Å². The van der Waals surface area contributed by atoms with E-state index < -0.39 is 12.5 Å². The van der Waals surface area contributed by atoms with Crippen LogP contribution in [0.15, 0.2) is 34.1 Å². The molecule has 0 aliphatic carbocycles. The average molecular weight is 445 g/mol. The molecule has 10 heteroatoms. The van der Waals surface area contributed by atoms with Gasteiger partial charge in [-0.1, -0.05) is 32.5 Å². The molecule has 2 aromatic rings. The van der Waals surface area contributed by atoms with Gasteiger partial charge in [-0.25, -0.2) is 0 Å². The van der Waals surface area contributed by atoms with E-state index in [9.17, 15) is 18.0 Å². The van der Waals surface area contributed by atoms with Crippen LogP contribution in [-0.4, -0.2) is 34.7 Å². The first kappa shape index (κ1) is 25.7. The second-order valence-corrected chi connectivity index (χ2v) is 7.21. The Morgan fingerprint density at radius 3 is 2.23 bits per heavy atom. The normalized spacial score (nSPS) is 10.9. The SMILES string of the molecule is CCC(=O)Nc1ccc(Sc2c(CC)nn(CCN)c2CC)cc1.O=CC(F)(F)F. The standard InChI is InChI=1S/C18H26N4OS.C2HF3O/c1-4-15-18(16(5-2)22(21-15)12-11-19)24-14-9-7-13(8-10-14)20-17(23)6-3;3-2(4,5)1-6/h7-10H,4-6,11-12,19H2,1-3H3,(H,20,23);1H. The van der Waals surface area contributed by atoms with E-state index >= 15 is 0 Å². The first-order valence-corrected chi connectivity index (χ1v) is 10.4. The number of amides is 1. The maximum Gasteiger partial charge on any atom is 0.446 e. The van der Waals surface area contributed by atoms with E-state index in [1.165, 1.54) is 10.6 Å². The maximum absolute atomic E-state index is 11.5. The van der Waals surface area contributed by atoms with Crippen molar-refractivity contribution in [1.82, 2.24) is 9.78 Å². The molecule has 0 radical (unpaired) electrons. The Morgan fingerprint density at radius 1 is 1.20 bits per heavy atom. The van der Waals surface area contributed by atoms with Gasteiger partial charge in [-0.05, 0) is 37.1 Å². The van der Waals surface area contributed by atoms with Crippen molar-refractivity contribution in [3.8, 4) is 0 Å². The number of carbonyl (C=O) groups excluding carboxylic acids is 2. The number of alkyl halides is 3. The summed E-state index contributed by atoms with van der Waals surface area (Å²) < 4.78 is 33.3. The van der Waals surface area contributed by atoms with E-state index in [4.69, 9.17) is 15.6 Å². The summed E-state index contributed by atoms with van der Waals surface area (Å²) in [5, 5.41) is 7.58. The molecule has 30 heavy (non-hydrogen) atoms. The van der Waals surface area contributed by atoms with Crippen molar-refractivity contribution in [1.29, 1.82) is 0 Å².